The van der Waals surface area contributed by atoms with E-state index in [-0.39, 0.29) is 5.82 Å². The normalized spacial score (nSPS) is 10.8. The van der Waals surface area contributed by atoms with Gasteiger partial charge in [-0.1, -0.05) is 13.3 Å². The third-order valence-corrected chi connectivity index (χ3v) is 3.77. The van der Waals surface area contributed by atoms with Crippen LogP contribution in [0.4, 0.5) is 16.0 Å². The topological polar surface area (TPSA) is 29.9 Å². The third-order valence-electron chi connectivity index (χ3n) is 3.16. The average molecular weight is 340 g/mol. The zero-order valence-corrected chi connectivity index (χ0v) is 13.6. The van der Waals surface area contributed by atoms with Crippen LogP contribution in [-0.2, 0) is 6.54 Å². The quantitative estimate of drug-likeness (QED) is 0.835. The number of halogens is 2. The molecule has 0 aliphatic rings. The van der Waals surface area contributed by atoms with Gasteiger partial charge in [0, 0.05) is 18.4 Å². The molecule has 0 unspecified atom stereocenters. The van der Waals surface area contributed by atoms with E-state index in [9.17, 15) is 4.39 Å². The van der Waals surface area contributed by atoms with Crippen molar-refractivity contribution in [3.05, 3.63) is 39.9 Å². The molecule has 0 radical (unpaired) electrons. The second-order valence-electron chi connectivity index (χ2n) is 4.96. The largest absolute Gasteiger partial charge is 0.325 e. The van der Waals surface area contributed by atoms with Crippen molar-refractivity contribution < 1.29 is 4.39 Å². The molecule has 0 saturated heterocycles. The van der Waals surface area contributed by atoms with E-state index in [1.807, 2.05) is 20.0 Å². The minimum atomic E-state index is -0.276. The van der Waals surface area contributed by atoms with Crippen molar-refractivity contribution in [3.8, 4) is 0 Å². The summed E-state index contributed by atoms with van der Waals surface area (Å²) in [6.07, 6.45) is 4.24. The molecule has 0 saturated carbocycles. The summed E-state index contributed by atoms with van der Waals surface area (Å²) in [5.41, 5.74) is 2.67. The Labute approximate surface area is 127 Å². The van der Waals surface area contributed by atoms with Crippen molar-refractivity contribution in [1.29, 1.82) is 0 Å². The second kappa shape index (κ2) is 6.39. The third kappa shape index (κ3) is 3.39. The van der Waals surface area contributed by atoms with E-state index in [2.05, 4.69) is 37.7 Å². The molecule has 2 rings (SSSR count). The smallest absolute Gasteiger partial charge is 0.207 e. The zero-order chi connectivity index (χ0) is 14.7. The molecule has 0 aliphatic carbocycles. The zero-order valence-electron chi connectivity index (χ0n) is 12.0. The number of hydrogen-bond donors (Lipinski definition) is 1. The minimum absolute atomic E-state index is 0.276. The van der Waals surface area contributed by atoms with E-state index in [0.717, 1.165) is 42.3 Å². The summed E-state index contributed by atoms with van der Waals surface area (Å²) in [6, 6.07) is 3.26. The van der Waals surface area contributed by atoms with Crippen molar-refractivity contribution in [2.45, 2.75) is 40.2 Å². The molecular weight excluding hydrogens is 321 g/mol. The lowest BCUT2D eigenvalue weighted by Gasteiger charge is -2.12. The van der Waals surface area contributed by atoms with Gasteiger partial charge in [0.2, 0.25) is 5.95 Å². The molecule has 0 atom stereocenters. The first kappa shape index (κ1) is 15.0. The number of benzene rings is 1. The van der Waals surface area contributed by atoms with E-state index in [4.69, 9.17) is 0 Å². The fourth-order valence-electron chi connectivity index (χ4n) is 2.05. The van der Waals surface area contributed by atoms with Gasteiger partial charge in [0.15, 0.2) is 0 Å². The molecule has 108 valence electrons. The SMILES string of the molecule is CCCCn1cc(C)nc1Nc1cc(F)c(Br)cc1C. The fraction of sp³-hybridized carbons (Fsp3) is 0.400. The van der Waals surface area contributed by atoms with Gasteiger partial charge in [-0.25, -0.2) is 9.37 Å². The number of imidazole rings is 1. The van der Waals surface area contributed by atoms with Crippen molar-refractivity contribution >= 4 is 27.6 Å². The Morgan fingerprint density at radius 3 is 2.80 bits per heavy atom. The summed E-state index contributed by atoms with van der Waals surface area (Å²) in [5.74, 6) is 0.488. The second-order valence-corrected chi connectivity index (χ2v) is 5.81. The Morgan fingerprint density at radius 1 is 1.35 bits per heavy atom. The van der Waals surface area contributed by atoms with E-state index in [1.165, 1.54) is 6.07 Å². The van der Waals surface area contributed by atoms with Gasteiger partial charge in [0.25, 0.3) is 0 Å². The molecule has 0 spiro atoms. The Morgan fingerprint density at radius 2 is 2.10 bits per heavy atom. The van der Waals surface area contributed by atoms with Crippen molar-refractivity contribution in [1.82, 2.24) is 9.55 Å². The predicted molar refractivity (Wildman–Crippen MR) is 84.0 cm³/mol. The lowest BCUT2D eigenvalue weighted by atomic mass is 10.2. The standard InChI is InChI=1S/C15H19BrFN3/c1-4-5-6-20-9-11(3)18-15(20)19-14-8-13(17)12(16)7-10(14)2/h7-9H,4-6H2,1-3H3,(H,18,19). The average Bonchev–Trinajstić information content (AvgIpc) is 2.73. The van der Waals surface area contributed by atoms with E-state index in [1.54, 1.807) is 6.07 Å². The van der Waals surface area contributed by atoms with Gasteiger partial charge < -0.3 is 9.88 Å². The van der Waals surface area contributed by atoms with E-state index in [0.29, 0.717) is 4.47 Å². The van der Waals surface area contributed by atoms with Crippen LogP contribution >= 0.6 is 15.9 Å². The van der Waals surface area contributed by atoms with Gasteiger partial charge in [0.1, 0.15) is 5.82 Å². The molecule has 0 fully saturated rings. The Hall–Kier alpha value is -1.36. The highest BCUT2D eigenvalue weighted by Crippen LogP contribution is 2.26. The molecule has 1 aromatic heterocycles. The van der Waals surface area contributed by atoms with Crippen LogP contribution in [0.5, 0.6) is 0 Å². The lowest BCUT2D eigenvalue weighted by molar-refractivity contribution is 0.620. The summed E-state index contributed by atoms with van der Waals surface area (Å²) in [5, 5.41) is 3.23. The molecule has 5 heteroatoms. The van der Waals surface area contributed by atoms with E-state index < -0.39 is 0 Å². The Kier molecular flexibility index (Phi) is 4.81. The molecule has 0 aliphatic heterocycles. The van der Waals surface area contributed by atoms with Gasteiger partial charge in [-0.2, -0.15) is 0 Å². The number of rotatable bonds is 5. The first-order valence-corrected chi connectivity index (χ1v) is 7.57. The fourth-order valence-corrected chi connectivity index (χ4v) is 2.50. The molecular formula is C15H19BrFN3. The van der Waals surface area contributed by atoms with Crippen LogP contribution in [0.3, 0.4) is 0 Å². The lowest BCUT2D eigenvalue weighted by Crippen LogP contribution is -2.04. The van der Waals surface area contributed by atoms with Crippen LogP contribution < -0.4 is 5.32 Å². The van der Waals surface area contributed by atoms with Crippen LogP contribution in [-0.4, -0.2) is 9.55 Å². The van der Waals surface area contributed by atoms with Gasteiger partial charge in [-0.3, -0.25) is 0 Å². The molecule has 1 aromatic carbocycles. The van der Waals surface area contributed by atoms with Crippen molar-refractivity contribution in [2.75, 3.05) is 5.32 Å². The van der Waals surface area contributed by atoms with Gasteiger partial charge in [0.05, 0.1) is 10.2 Å². The Balaban J connectivity index is 2.27. The summed E-state index contributed by atoms with van der Waals surface area (Å²) in [7, 11) is 0. The Bertz CT molecular complexity index is 607. The van der Waals surface area contributed by atoms with Crippen molar-refractivity contribution in [2.24, 2.45) is 0 Å². The minimum Gasteiger partial charge on any atom is -0.325 e. The first-order valence-electron chi connectivity index (χ1n) is 6.77. The molecule has 3 nitrogen and oxygen atoms in total. The number of nitrogens with zero attached hydrogens (tertiary/aromatic N) is 2. The number of hydrogen-bond acceptors (Lipinski definition) is 2. The molecule has 0 bridgehead atoms. The van der Waals surface area contributed by atoms with Crippen LogP contribution in [0, 0.1) is 19.7 Å². The molecule has 0 amide bonds. The maximum atomic E-state index is 13.7. The maximum Gasteiger partial charge on any atom is 0.207 e. The summed E-state index contributed by atoms with van der Waals surface area (Å²) >= 11 is 3.19. The van der Waals surface area contributed by atoms with Gasteiger partial charge in [-0.15, -0.1) is 0 Å². The number of anilines is 2. The van der Waals surface area contributed by atoms with Gasteiger partial charge in [-0.05, 0) is 53.9 Å². The summed E-state index contributed by atoms with van der Waals surface area (Å²) in [6.45, 7) is 6.98. The number of nitrogens with one attached hydrogen (secondary N) is 1. The summed E-state index contributed by atoms with van der Waals surface area (Å²) < 4.78 is 16.2. The first-order chi connectivity index (χ1) is 9.51. The van der Waals surface area contributed by atoms with Crippen LogP contribution in [0.2, 0.25) is 0 Å². The highest BCUT2D eigenvalue weighted by Gasteiger charge is 2.10. The maximum absolute atomic E-state index is 13.7. The highest BCUT2D eigenvalue weighted by atomic mass is 79.9. The van der Waals surface area contributed by atoms with Crippen LogP contribution in [0.1, 0.15) is 31.0 Å². The number of aromatic nitrogens is 2. The predicted octanol–water partition coefficient (Wildman–Crippen LogP) is 4.95. The monoisotopic (exact) mass is 339 g/mol. The number of aryl methyl sites for hydroxylation is 3. The molecule has 1 heterocycles. The number of unbranched alkanes of at least 4 members (excludes halogenated alkanes) is 1. The molecule has 1 N–H and O–H groups in total. The van der Waals surface area contributed by atoms with E-state index >= 15 is 0 Å². The molecule has 2 aromatic rings. The molecule has 20 heavy (non-hydrogen) atoms. The highest BCUT2D eigenvalue weighted by molar-refractivity contribution is 9.10. The van der Waals surface area contributed by atoms with Crippen LogP contribution in [0.25, 0.3) is 0 Å². The van der Waals surface area contributed by atoms with Gasteiger partial charge >= 0.3 is 0 Å². The van der Waals surface area contributed by atoms with Crippen LogP contribution in [0.15, 0.2) is 22.8 Å². The summed E-state index contributed by atoms with van der Waals surface area (Å²) in [4.78, 5) is 4.47. The van der Waals surface area contributed by atoms with Crippen molar-refractivity contribution in [3.63, 3.8) is 0 Å².